The second-order valence-corrected chi connectivity index (χ2v) is 3.63. The van der Waals surface area contributed by atoms with Gasteiger partial charge >= 0.3 is 6.03 Å². The molecule has 16 heavy (non-hydrogen) atoms. The summed E-state index contributed by atoms with van der Waals surface area (Å²) in [6.45, 7) is 2.44. The van der Waals surface area contributed by atoms with E-state index < -0.39 is 6.03 Å². The maximum absolute atomic E-state index is 11.5. The van der Waals surface area contributed by atoms with Crippen LogP contribution in [-0.2, 0) is 0 Å². The molecule has 0 fully saturated rings. The Morgan fingerprint density at radius 3 is 2.62 bits per heavy atom. The van der Waals surface area contributed by atoms with Gasteiger partial charge in [-0.15, -0.1) is 0 Å². The monoisotopic (exact) mass is 222 g/mol. The van der Waals surface area contributed by atoms with Gasteiger partial charge in [-0.05, 0) is 18.6 Å². The molecular weight excluding hydrogens is 204 g/mol. The molecule has 0 heterocycles. The summed E-state index contributed by atoms with van der Waals surface area (Å²) in [4.78, 5) is 11.5. The van der Waals surface area contributed by atoms with E-state index in [2.05, 4.69) is 12.2 Å². The van der Waals surface area contributed by atoms with E-state index in [9.17, 15) is 10.0 Å². The van der Waals surface area contributed by atoms with E-state index in [0.29, 0.717) is 12.2 Å². The normalized spacial score (nSPS) is 9.88. The lowest BCUT2D eigenvalue weighted by molar-refractivity contribution is -0.0381. The zero-order valence-corrected chi connectivity index (χ0v) is 9.52. The number of anilines is 1. The molecule has 4 heteroatoms. The second kappa shape index (κ2) is 6.85. The first kappa shape index (κ1) is 12.5. The van der Waals surface area contributed by atoms with Gasteiger partial charge in [-0.3, -0.25) is 5.21 Å². The molecule has 0 saturated heterocycles. The van der Waals surface area contributed by atoms with Gasteiger partial charge in [0.25, 0.3) is 0 Å². The van der Waals surface area contributed by atoms with Crippen molar-refractivity contribution in [1.82, 2.24) is 5.06 Å². The summed E-state index contributed by atoms with van der Waals surface area (Å²) in [5.41, 5.74) is 0.682. The number of carbonyl (C=O) groups excluding carboxylic acids is 1. The van der Waals surface area contributed by atoms with Crippen LogP contribution in [0.1, 0.15) is 26.2 Å². The van der Waals surface area contributed by atoms with E-state index in [1.54, 1.807) is 12.1 Å². The first-order chi connectivity index (χ1) is 7.74. The molecule has 1 aromatic rings. The van der Waals surface area contributed by atoms with Gasteiger partial charge in [0.05, 0.1) is 6.54 Å². The smallest absolute Gasteiger partial charge is 0.306 e. The molecule has 0 unspecified atom stereocenters. The average Bonchev–Trinajstić information content (AvgIpc) is 2.30. The number of hydrogen-bond acceptors (Lipinski definition) is 2. The Labute approximate surface area is 95.8 Å². The molecular formula is C12H18N2O2. The predicted molar refractivity (Wildman–Crippen MR) is 63.5 cm³/mol. The van der Waals surface area contributed by atoms with E-state index in [0.717, 1.165) is 24.3 Å². The van der Waals surface area contributed by atoms with Crippen molar-refractivity contribution in [3.05, 3.63) is 30.3 Å². The molecule has 4 nitrogen and oxygen atoms in total. The number of benzene rings is 1. The van der Waals surface area contributed by atoms with Gasteiger partial charge in [0.15, 0.2) is 0 Å². The Hall–Kier alpha value is -1.55. The fraction of sp³-hybridized carbons (Fsp3) is 0.417. The van der Waals surface area contributed by atoms with E-state index >= 15 is 0 Å². The van der Waals surface area contributed by atoms with Crippen LogP contribution in [0, 0.1) is 0 Å². The lowest BCUT2D eigenvalue weighted by atomic mass is 10.2. The molecule has 2 amide bonds. The maximum Gasteiger partial charge on any atom is 0.345 e. The van der Waals surface area contributed by atoms with Gasteiger partial charge in [-0.25, -0.2) is 9.86 Å². The quantitative estimate of drug-likeness (QED) is 0.457. The van der Waals surface area contributed by atoms with Crippen molar-refractivity contribution in [1.29, 1.82) is 0 Å². The standard InChI is InChI=1S/C12H18N2O2/c1-2-3-7-10-14(16)12(15)13-11-8-5-4-6-9-11/h4-6,8-9,16H,2-3,7,10H2,1H3,(H,13,15). The van der Waals surface area contributed by atoms with Crippen LogP contribution < -0.4 is 5.32 Å². The molecule has 0 atom stereocenters. The number of nitrogens with one attached hydrogen (secondary N) is 1. The third kappa shape index (κ3) is 4.31. The molecule has 0 saturated carbocycles. The van der Waals surface area contributed by atoms with E-state index in [1.807, 2.05) is 18.2 Å². The van der Waals surface area contributed by atoms with Crippen LogP contribution in [-0.4, -0.2) is 22.8 Å². The number of urea groups is 1. The van der Waals surface area contributed by atoms with Gasteiger partial charge in [0, 0.05) is 5.69 Å². The topological polar surface area (TPSA) is 52.6 Å². The van der Waals surface area contributed by atoms with Crippen molar-refractivity contribution < 1.29 is 10.0 Å². The highest BCUT2D eigenvalue weighted by molar-refractivity contribution is 5.88. The summed E-state index contributed by atoms with van der Waals surface area (Å²) >= 11 is 0. The molecule has 1 rings (SSSR count). The van der Waals surface area contributed by atoms with Crippen LogP contribution in [0.5, 0.6) is 0 Å². The largest absolute Gasteiger partial charge is 0.345 e. The Balaban J connectivity index is 2.34. The Bertz CT molecular complexity index is 314. The van der Waals surface area contributed by atoms with Crippen LogP contribution in [0.15, 0.2) is 30.3 Å². The van der Waals surface area contributed by atoms with Crippen molar-refractivity contribution in [2.24, 2.45) is 0 Å². The average molecular weight is 222 g/mol. The molecule has 1 aromatic carbocycles. The maximum atomic E-state index is 11.5. The third-order valence-corrected chi connectivity index (χ3v) is 2.23. The van der Waals surface area contributed by atoms with Gasteiger partial charge in [-0.2, -0.15) is 0 Å². The highest BCUT2D eigenvalue weighted by atomic mass is 16.5. The Kier molecular flexibility index (Phi) is 5.36. The fourth-order valence-corrected chi connectivity index (χ4v) is 1.32. The van der Waals surface area contributed by atoms with Gasteiger partial charge in [0.2, 0.25) is 0 Å². The van der Waals surface area contributed by atoms with Gasteiger partial charge in [-0.1, -0.05) is 38.0 Å². The van der Waals surface area contributed by atoms with Gasteiger partial charge in [0.1, 0.15) is 0 Å². The molecule has 0 aliphatic rings. The minimum Gasteiger partial charge on any atom is -0.306 e. The third-order valence-electron chi connectivity index (χ3n) is 2.23. The minimum atomic E-state index is -0.484. The van der Waals surface area contributed by atoms with Crippen molar-refractivity contribution in [2.45, 2.75) is 26.2 Å². The highest BCUT2D eigenvalue weighted by Gasteiger charge is 2.09. The first-order valence-electron chi connectivity index (χ1n) is 5.56. The summed E-state index contributed by atoms with van der Waals surface area (Å²) in [5, 5.41) is 12.8. The van der Waals surface area contributed by atoms with Gasteiger partial charge < -0.3 is 5.32 Å². The number of hydrogen-bond donors (Lipinski definition) is 2. The van der Waals surface area contributed by atoms with E-state index in [4.69, 9.17) is 0 Å². The van der Waals surface area contributed by atoms with E-state index in [1.165, 1.54) is 0 Å². The molecule has 2 N–H and O–H groups in total. The lowest BCUT2D eigenvalue weighted by Crippen LogP contribution is -2.32. The summed E-state index contributed by atoms with van der Waals surface area (Å²) in [6.07, 6.45) is 2.89. The summed E-state index contributed by atoms with van der Waals surface area (Å²) in [6, 6.07) is 8.59. The number of amides is 2. The number of carbonyl (C=O) groups is 1. The minimum absolute atomic E-state index is 0.368. The number of para-hydroxylation sites is 1. The Morgan fingerprint density at radius 2 is 2.00 bits per heavy atom. The summed E-state index contributed by atoms with van der Waals surface area (Å²) in [7, 11) is 0. The second-order valence-electron chi connectivity index (χ2n) is 3.63. The van der Waals surface area contributed by atoms with Crippen LogP contribution in [0.2, 0.25) is 0 Å². The molecule has 0 aliphatic heterocycles. The zero-order chi connectivity index (χ0) is 11.8. The van der Waals surface area contributed by atoms with Crippen LogP contribution >= 0.6 is 0 Å². The zero-order valence-electron chi connectivity index (χ0n) is 9.52. The number of hydroxylamine groups is 2. The van der Waals surface area contributed by atoms with Crippen molar-refractivity contribution in [3.63, 3.8) is 0 Å². The van der Waals surface area contributed by atoms with Crippen LogP contribution in [0.4, 0.5) is 10.5 Å². The SMILES string of the molecule is CCCCCN(O)C(=O)Nc1ccccc1. The van der Waals surface area contributed by atoms with E-state index in [-0.39, 0.29) is 0 Å². The predicted octanol–water partition coefficient (Wildman–Crippen LogP) is 3.10. The lowest BCUT2D eigenvalue weighted by Gasteiger charge is -2.15. The summed E-state index contributed by atoms with van der Waals surface area (Å²) < 4.78 is 0. The van der Waals surface area contributed by atoms with Crippen molar-refractivity contribution in [3.8, 4) is 0 Å². The molecule has 0 bridgehead atoms. The van der Waals surface area contributed by atoms with Crippen molar-refractivity contribution >= 4 is 11.7 Å². The number of unbranched alkanes of at least 4 members (excludes halogenated alkanes) is 2. The number of nitrogens with zero attached hydrogens (tertiary/aromatic N) is 1. The van der Waals surface area contributed by atoms with Crippen molar-refractivity contribution in [2.75, 3.05) is 11.9 Å². The Morgan fingerprint density at radius 1 is 1.31 bits per heavy atom. The molecule has 0 spiro atoms. The van der Waals surface area contributed by atoms with Crippen LogP contribution in [0.3, 0.4) is 0 Å². The highest BCUT2D eigenvalue weighted by Crippen LogP contribution is 2.06. The fourth-order valence-electron chi connectivity index (χ4n) is 1.32. The van der Waals surface area contributed by atoms with Crippen LogP contribution in [0.25, 0.3) is 0 Å². The number of rotatable bonds is 5. The summed E-state index contributed by atoms with van der Waals surface area (Å²) in [5.74, 6) is 0. The molecule has 88 valence electrons. The first-order valence-corrected chi connectivity index (χ1v) is 5.56. The molecule has 0 aliphatic carbocycles. The molecule has 0 aromatic heterocycles. The molecule has 0 radical (unpaired) electrons.